The number of benzene rings is 1. The van der Waals surface area contributed by atoms with E-state index in [2.05, 4.69) is 5.32 Å². The Morgan fingerprint density at radius 3 is 2.45 bits per heavy atom. The fourth-order valence-corrected chi connectivity index (χ4v) is 1.96. The third kappa shape index (κ3) is 3.87. The molecule has 0 radical (unpaired) electrons. The highest BCUT2D eigenvalue weighted by molar-refractivity contribution is 5.78. The van der Waals surface area contributed by atoms with E-state index in [0.717, 1.165) is 18.6 Å². The molecule has 0 spiro atoms. The van der Waals surface area contributed by atoms with Gasteiger partial charge in [0.15, 0.2) is 0 Å². The van der Waals surface area contributed by atoms with Crippen LogP contribution in [0.4, 0.5) is 0 Å². The van der Waals surface area contributed by atoms with Crippen LogP contribution in [0.3, 0.4) is 0 Å². The number of methoxy groups -OCH3 is 1. The van der Waals surface area contributed by atoms with Crippen molar-refractivity contribution in [2.24, 2.45) is 0 Å². The molecule has 1 aliphatic rings. The minimum Gasteiger partial charge on any atom is -0.497 e. The first-order valence-corrected chi connectivity index (χ1v) is 6.81. The van der Waals surface area contributed by atoms with Gasteiger partial charge in [0.05, 0.1) is 13.7 Å². The van der Waals surface area contributed by atoms with Crippen LogP contribution in [-0.2, 0) is 4.79 Å². The lowest BCUT2D eigenvalue weighted by atomic mass is 9.98. The van der Waals surface area contributed by atoms with Gasteiger partial charge >= 0.3 is 5.97 Å². The van der Waals surface area contributed by atoms with E-state index in [1.54, 1.807) is 14.0 Å². The molecule has 1 saturated carbocycles. The minimum atomic E-state index is -0.923. The predicted molar refractivity (Wildman–Crippen MR) is 75.3 cm³/mol. The Hall–Kier alpha value is -1.75. The van der Waals surface area contributed by atoms with E-state index >= 15 is 0 Å². The lowest BCUT2D eigenvalue weighted by Crippen LogP contribution is -2.51. The van der Waals surface area contributed by atoms with Crippen LogP contribution in [0.25, 0.3) is 0 Å². The van der Waals surface area contributed by atoms with Crippen molar-refractivity contribution in [1.29, 1.82) is 0 Å². The van der Waals surface area contributed by atoms with Crippen molar-refractivity contribution in [1.82, 2.24) is 5.32 Å². The maximum atomic E-state index is 11.4. The van der Waals surface area contributed by atoms with Crippen molar-refractivity contribution in [3.05, 3.63) is 24.3 Å². The SMILES string of the molecule is COc1ccc(OCCC(C)(NC2CC2)C(=O)O)cc1. The van der Waals surface area contributed by atoms with Crippen molar-refractivity contribution in [2.75, 3.05) is 13.7 Å². The van der Waals surface area contributed by atoms with Crippen LogP contribution < -0.4 is 14.8 Å². The molecule has 0 saturated heterocycles. The molecule has 0 amide bonds. The van der Waals surface area contributed by atoms with Crippen LogP contribution in [-0.4, -0.2) is 36.4 Å². The summed E-state index contributed by atoms with van der Waals surface area (Å²) in [6.07, 6.45) is 2.54. The molecular weight excluding hydrogens is 258 g/mol. The maximum absolute atomic E-state index is 11.4. The number of carboxylic acid groups (broad SMARTS) is 1. The lowest BCUT2D eigenvalue weighted by molar-refractivity contribution is -0.144. The summed E-state index contributed by atoms with van der Waals surface area (Å²) >= 11 is 0. The van der Waals surface area contributed by atoms with Gasteiger partial charge in [0.25, 0.3) is 0 Å². The molecule has 1 atom stereocenters. The van der Waals surface area contributed by atoms with Gasteiger partial charge in [-0.1, -0.05) is 0 Å². The zero-order chi connectivity index (χ0) is 14.6. The second kappa shape index (κ2) is 6.13. The highest BCUT2D eigenvalue weighted by Crippen LogP contribution is 2.25. The smallest absolute Gasteiger partial charge is 0.323 e. The Labute approximate surface area is 118 Å². The monoisotopic (exact) mass is 279 g/mol. The average Bonchev–Trinajstić information content (AvgIpc) is 3.23. The first-order chi connectivity index (χ1) is 9.53. The molecule has 0 aromatic heterocycles. The van der Waals surface area contributed by atoms with Gasteiger partial charge in [-0.15, -0.1) is 0 Å². The summed E-state index contributed by atoms with van der Waals surface area (Å²) in [5.74, 6) is 0.649. The Morgan fingerprint density at radius 2 is 1.95 bits per heavy atom. The van der Waals surface area contributed by atoms with Gasteiger partial charge in [0.1, 0.15) is 17.0 Å². The molecule has 1 fully saturated rings. The van der Waals surface area contributed by atoms with Crippen LogP contribution in [0, 0.1) is 0 Å². The largest absolute Gasteiger partial charge is 0.497 e. The molecule has 110 valence electrons. The highest BCUT2D eigenvalue weighted by Gasteiger charge is 2.38. The van der Waals surface area contributed by atoms with E-state index in [-0.39, 0.29) is 0 Å². The zero-order valence-electron chi connectivity index (χ0n) is 11.9. The van der Waals surface area contributed by atoms with E-state index in [4.69, 9.17) is 9.47 Å². The van der Waals surface area contributed by atoms with Gasteiger partial charge in [0, 0.05) is 12.5 Å². The first-order valence-electron chi connectivity index (χ1n) is 6.81. The van der Waals surface area contributed by atoms with E-state index in [9.17, 15) is 9.90 Å². The van der Waals surface area contributed by atoms with Crippen molar-refractivity contribution in [3.8, 4) is 11.5 Å². The summed E-state index contributed by atoms with van der Waals surface area (Å²) < 4.78 is 10.7. The minimum absolute atomic E-state index is 0.345. The van der Waals surface area contributed by atoms with Crippen LogP contribution in [0.15, 0.2) is 24.3 Å². The normalized spacial score (nSPS) is 17.3. The molecule has 1 aromatic carbocycles. The van der Waals surface area contributed by atoms with Gasteiger partial charge in [-0.25, -0.2) is 0 Å². The topological polar surface area (TPSA) is 67.8 Å². The van der Waals surface area contributed by atoms with Crippen LogP contribution in [0.5, 0.6) is 11.5 Å². The van der Waals surface area contributed by atoms with Crippen molar-refractivity contribution in [3.63, 3.8) is 0 Å². The first kappa shape index (κ1) is 14.7. The molecular formula is C15H21NO4. The number of carboxylic acids is 1. The quantitative estimate of drug-likeness (QED) is 0.762. The van der Waals surface area contributed by atoms with Crippen LogP contribution in [0.2, 0.25) is 0 Å². The van der Waals surface area contributed by atoms with E-state index in [0.29, 0.717) is 24.8 Å². The zero-order valence-corrected chi connectivity index (χ0v) is 11.9. The van der Waals surface area contributed by atoms with Gasteiger partial charge in [0.2, 0.25) is 0 Å². The predicted octanol–water partition coefficient (Wildman–Crippen LogP) is 2.06. The molecule has 5 heteroatoms. The second-order valence-corrected chi connectivity index (χ2v) is 5.33. The maximum Gasteiger partial charge on any atom is 0.323 e. The Kier molecular flexibility index (Phi) is 4.49. The number of ether oxygens (including phenoxy) is 2. The molecule has 2 N–H and O–H groups in total. The summed E-state index contributed by atoms with van der Waals surface area (Å²) in [5, 5.41) is 12.5. The third-order valence-corrected chi connectivity index (χ3v) is 3.50. The number of hydrogen-bond donors (Lipinski definition) is 2. The fraction of sp³-hybridized carbons (Fsp3) is 0.533. The molecule has 0 heterocycles. The van der Waals surface area contributed by atoms with Gasteiger partial charge in [-0.2, -0.15) is 0 Å². The Balaban J connectivity index is 1.84. The standard InChI is InChI=1S/C15H21NO4/c1-15(14(17)18,16-11-3-4-11)9-10-20-13-7-5-12(19-2)6-8-13/h5-8,11,16H,3-4,9-10H2,1-2H3,(H,17,18). The highest BCUT2D eigenvalue weighted by atomic mass is 16.5. The number of aliphatic carboxylic acids is 1. The molecule has 2 rings (SSSR count). The lowest BCUT2D eigenvalue weighted by Gasteiger charge is -2.26. The van der Waals surface area contributed by atoms with Crippen molar-refractivity contribution < 1.29 is 19.4 Å². The van der Waals surface area contributed by atoms with E-state index < -0.39 is 11.5 Å². The van der Waals surface area contributed by atoms with Crippen LogP contribution in [0.1, 0.15) is 26.2 Å². The molecule has 20 heavy (non-hydrogen) atoms. The number of nitrogens with one attached hydrogen (secondary N) is 1. The molecule has 0 bridgehead atoms. The summed E-state index contributed by atoms with van der Waals surface area (Å²) in [4.78, 5) is 11.4. The summed E-state index contributed by atoms with van der Waals surface area (Å²) in [7, 11) is 1.61. The third-order valence-electron chi connectivity index (χ3n) is 3.50. The van der Waals surface area contributed by atoms with Crippen molar-refractivity contribution in [2.45, 2.75) is 37.8 Å². The molecule has 1 aromatic rings. The van der Waals surface area contributed by atoms with Gasteiger partial charge < -0.3 is 14.6 Å². The van der Waals surface area contributed by atoms with Crippen LogP contribution >= 0.6 is 0 Å². The van der Waals surface area contributed by atoms with E-state index in [1.165, 1.54) is 0 Å². The number of hydrogen-bond acceptors (Lipinski definition) is 4. The summed E-state index contributed by atoms with van der Waals surface area (Å²) in [6.45, 7) is 2.07. The van der Waals surface area contributed by atoms with Gasteiger partial charge in [-0.3, -0.25) is 10.1 Å². The van der Waals surface area contributed by atoms with E-state index in [1.807, 2.05) is 24.3 Å². The summed E-state index contributed by atoms with van der Waals surface area (Å²) in [6, 6.07) is 7.59. The fourth-order valence-electron chi connectivity index (χ4n) is 1.96. The molecule has 1 aliphatic carbocycles. The van der Waals surface area contributed by atoms with Gasteiger partial charge in [-0.05, 0) is 44.0 Å². The second-order valence-electron chi connectivity index (χ2n) is 5.33. The molecule has 1 unspecified atom stereocenters. The number of rotatable bonds is 8. The Morgan fingerprint density at radius 1 is 1.35 bits per heavy atom. The van der Waals surface area contributed by atoms with Crippen molar-refractivity contribution >= 4 is 5.97 Å². The Bertz CT molecular complexity index is 455. The average molecular weight is 279 g/mol. The summed E-state index contributed by atoms with van der Waals surface area (Å²) in [5.41, 5.74) is -0.923. The molecule has 0 aliphatic heterocycles. The number of carbonyl (C=O) groups is 1. The molecule has 5 nitrogen and oxygen atoms in total.